The molecule has 0 nitrogen and oxygen atoms in total. The summed E-state index contributed by atoms with van der Waals surface area (Å²) in [5.41, 5.74) is 2.46. The van der Waals surface area contributed by atoms with Crippen LogP contribution in [0.15, 0.2) is 71.6 Å². The zero-order chi connectivity index (χ0) is 14.7. The lowest BCUT2D eigenvalue weighted by molar-refractivity contribution is 0.919. The lowest BCUT2D eigenvalue weighted by atomic mass is 10.0. The van der Waals surface area contributed by atoms with Gasteiger partial charge < -0.3 is 0 Å². The van der Waals surface area contributed by atoms with E-state index in [-0.39, 0.29) is 5.38 Å². The molecule has 0 aliphatic carbocycles. The molecule has 0 heterocycles. The Bertz CT molecular complexity index is 734. The fraction of sp³-hybridized carbons (Fsp3) is 0.158. The molecule has 0 aliphatic rings. The Balaban J connectivity index is 1.79. The zero-order valence-electron chi connectivity index (χ0n) is 11.9. The van der Waals surface area contributed by atoms with Crippen LogP contribution in [0.5, 0.6) is 0 Å². The second-order valence-electron chi connectivity index (χ2n) is 5.13. The Kier molecular flexibility index (Phi) is 4.52. The van der Waals surface area contributed by atoms with Crippen LogP contribution in [0.1, 0.15) is 16.5 Å². The third kappa shape index (κ3) is 3.42. The molecule has 0 aliphatic heterocycles. The van der Waals surface area contributed by atoms with Gasteiger partial charge in [-0.2, -0.15) is 0 Å². The molecule has 1 atom stereocenters. The Morgan fingerprint density at radius 3 is 2.33 bits per heavy atom. The van der Waals surface area contributed by atoms with Crippen molar-refractivity contribution in [1.29, 1.82) is 0 Å². The second kappa shape index (κ2) is 6.55. The lowest BCUT2D eigenvalue weighted by Gasteiger charge is -2.11. The maximum absolute atomic E-state index is 6.58. The Morgan fingerprint density at radius 2 is 1.62 bits per heavy atom. The molecule has 0 bridgehead atoms. The van der Waals surface area contributed by atoms with Crippen molar-refractivity contribution in [2.24, 2.45) is 0 Å². The molecule has 0 aromatic heterocycles. The fourth-order valence-corrected chi connectivity index (χ4v) is 3.24. The first-order chi connectivity index (χ1) is 10.3. The predicted octanol–water partition coefficient (Wildman–Crippen LogP) is 6.08. The first kappa shape index (κ1) is 14.5. The van der Waals surface area contributed by atoms with Gasteiger partial charge in [-0.05, 0) is 46.7 Å². The summed E-state index contributed by atoms with van der Waals surface area (Å²) in [6.07, 6.45) is 2.94. The van der Waals surface area contributed by atoms with Gasteiger partial charge >= 0.3 is 0 Å². The molecule has 106 valence electrons. The normalized spacial score (nSPS) is 12.5. The molecule has 21 heavy (non-hydrogen) atoms. The first-order valence-electron chi connectivity index (χ1n) is 7.02. The van der Waals surface area contributed by atoms with Gasteiger partial charge in [-0.1, -0.05) is 54.6 Å². The molecule has 2 heteroatoms. The fourth-order valence-electron chi connectivity index (χ4n) is 2.50. The molecule has 3 aromatic rings. The molecular formula is C19H17ClS. The van der Waals surface area contributed by atoms with Crippen molar-refractivity contribution in [1.82, 2.24) is 0 Å². The summed E-state index contributed by atoms with van der Waals surface area (Å²) in [5.74, 6) is 0. The van der Waals surface area contributed by atoms with Crippen LogP contribution >= 0.6 is 23.4 Å². The summed E-state index contributed by atoms with van der Waals surface area (Å²) in [6, 6.07) is 23.5. The average Bonchev–Trinajstić information content (AvgIpc) is 2.55. The van der Waals surface area contributed by atoms with Crippen molar-refractivity contribution in [2.45, 2.75) is 16.7 Å². The summed E-state index contributed by atoms with van der Waals surface area (Å²) in [6.45, 7) is 0. The van der Waals surface area contributed by atoms with E-state index in [4.69, 9.17) is 11.6 Å². The molecule has 0 saturated heterocycles. The van der Waals surface area contributed by atoms with Gasteiger partial charge in [0, 0.05) is 4.90 Å². The number of fused-ring (bicyclic) bond motifs is 1. The van der Waals surface area contributed by atoms with E-state index in [9.17, 15) is 0 Å². The maximum atomic E-state index is 6.58. The van der Waals surface area contributed by atoms with Crippen molar-refractivity contribution < 1.29 is 0 Å². The SMILES string of the molecule is CSc1ccc(C(Cl)Cc2ccc3ccccc3c2)cc1. The van der Waals surface area contributed by atoms with Crippen molar-refractivity contribution in [3.05, 3.63) is 77.9 Å². The highest BCUT2D eigenvalue weighted by Gasteiger charge is 2.09. The number of rotatable bonds is 4. The second-order valence-corrected chi connectivity index (χ2v) is 6.53. The first-order valence-corrected chi connectivity index (χ1v) is 8.68. The monoisotopic (exact) mass is 312 g/mol. The van der Waals surface area contributed by atoms with E-state index in [1.807, 2.05) is 0 Å². The highest BCUT2D eigenvalue weighted by atomic mass is 35.5. The molecule has 3 rings (SSSR count). The summed E-state index contributed by atoms with van der Waals surface area (Å²) in [5, 5.41) is 2.57. The third-order valence-corrected chi connectivity index (χ3v) is 4.86. The predicted molar refractivity (Wildman–Crippen MR) is 94.5 cm³/mol. The molecule has 0 N–H and O–H groups in total. The largest absolute Gasteiger partial charge is 0.130 e. The van der Waals surface area contributed by atoms with E-state index in [0.29, 0.717) is 0 Å². The molecule has 0 saturated carbocycles. The number of hydrogen-bond donors (Lipinski definition) is 0. The van der Waals surface area contributed by atoms with Crippen molar-refractivity contribution in [3.63, 3.8) is 0 Å². The van der Waals surface area contributed by atoms with Crippen LogP contribution in [-0.2, 0) is 6.42 Å². The average molecular weight is 313 g/mol. The number of alkyl halides is 1. The number of hydrogen-bond acceptors (Lipinski definition) is 1. The van der Waals surface area contributed by atoms with Gasteiger partial charge in [0.1, 0.15) is 0 Å². The van der Waals surface area contributed by atoms with Gasteiger partial charge in [-0.25, -0.2) is 0 Å². The molecule has 0 radical (unpaired) electrons. The molecule has 0 spiro atoms. The van der Waals surface area contributed by atoms with Crippen molar-refractivity contribution >= 4 is 34.1 Å². The molecule has 0 amide bonds. The van der Waals surface area contributed by atoms with Crippen molar-refractivity contribution in [3.8, 4) is 0 Å². The summed E-state index contributed by atoms with van der Waals surface area (Å²) < 4.78 is 0. The van der Waals surface area contributed by atoms with Crippen LogP contribution < -0.4 is 0 Å². The topological polar surface area (TPSA) is 0 Å². The van der Waals surface area contributed by atoms with E-state index in [1.165, 1.54) is 26.8 Å². The highest BCUT2D eigenvalue weighted by molar-refractivity contribution is 7.98. The Labute approximate surface area is 135 Å². The molecule has 0 fully saturated rings. The van der Waals surface area contributed by atoms with E-state index in [1.54, 1.807) is 11.8 Å². The number of thioether (sulfide) groups is 1. The minimum absolute atomic E-state index is 0.0158. The van der Waals surface area contributed by atoms with Gasteiger partial charge in [0.15, 0.2) is 0 Å². The van der Waals surface area contributed by atoms with Crippen molar-refractivity contribution in [2.75, 3.05) is 6.26 Å². The van der Waals surface area contributed by atoms with E-state index in [0.717, 1.165) is 6.42 Å². The van der Waals surface area contributed by atoms with Gasteiger partial charge in [0.2, 0.25) is 0 Å². The van der Waals surface area contributed by atoms with Gasteiger partial charge in [-0.15, -0.1) is 23.4 Å². The van der Waals surface area contributed by atoms with Crippen LogP contribution in [0, 0.1) is 0 Å². The van der Waals surface area contributed by atoms with Crippen LogP contribution in [0.25, 0.3) is 10.8 Å². The highest BCUT2D eigenvalue weighted by Crippen LogP contribution is 2.28. The smallest absolute Gasteiger partial charge is 0.0625 e. The summed E-state index contributed by atoms with van der Waals surface area (Å²) in [7, 11) is 0. The van der Waals surface area contributed by atoms with E-state index < -0.39 is 0 Å². The number of benzene rings is 3. The lowest BCUT2D eigenvalue weighted by Crippen LogP contribution is -1.96. The Hall–Kier alpha value is -1.44. The Morgan fingerprint density at radius 1 is 0.905 bits per heavy atom. The van der Waals surface area contributed by atoms with E-state index in [2.05, 4.69) is 73.0 Å². The van der Waals surface area contributed by atoms with E-state index >= 15 is 0 Å². The molecular weight excluding hydrogens is 296 g/mol. The maximum Gasteiger partial charge on any atom is 0.0625 e. The minimum atomic E-state index is 0.0158. The molecule has 3 aromatic carbocycles. The van der Waals surface area contributed by atoms with Gasteiger partial charge in [0.25, 0.3) is 0 Å². The zero-order valence-corrected chi connectivity index (χ0v) is 13.5. The third-order valence-electron chi connectivity index (χ3n) is 3.71. The quantitative estimate of drug-likeness (QED) is 0.415. The minimum Gasteiger partial charge on any atom is -0.130 e. The van der Waals surface area contributed by atoms with Gasteiger partial charge in [-0.3, -0.25) is 0 Å². The summed E-state index contributed by atoms with van der Waals surface area (Å²) >= 11 is 8.33. The van der Waals surface area contributed by atoms with Gasteiger partial charge in [0.05, 0.1) is 5.38 Å². The van der Waals surface area contributed by atoms with Crippen LogP contribution in [0.4, 0.5) is 0 Å². The van der Waals surface area contributed by atoms with Crippen LogP contribution in [-0.4, -0.2) is 6.26 Å². The number of halogens is 1. The molecule has 1 unspecified atom stereocenters. The van der Waals surface area contributed by atoms with Crippen LogP contribution in [0.2, 0.25) is 0 Å². The standard InChI is InChI=1S/C19H17ClS/c1-21-18-10-8-16(9-11-18)19(20)13-14-6-7-15-4-2-3-5-17(15)12-14/h2-12,19H,13H2,1H3. The van der Waals surface area contributed by atoms with Crippen LogP contribution in [0.3, 0.4) is 0 Å². The summed E-state index contributed by atoms with van der Waals surface area (Å²) in [4.78, 5) is 1.27.